The number of hydrogen-bond acceptors (Lipinski definition) is 2. The second-order valence-electron chi connectivity index (χ2n) is 6.13. The van der Waals surface area contributed by atoms with Crippen molar-refractivity contribution in [2.75, 3.05) is 10.6 Å². The molecular weight excluding hydrogens is 382 g/mol. The Balaban J connectivity index is 2.03. The average molecular weight is 404 g/mol. The molecule has 3 amide bonds. The van der Waals surface area contributed by atoms with Gasteiger partial charge in [-0.25, -0.2) is 4.79 Å². The van der Waals surface area contributed by atoms with Crippen molar-refractivity contribution in [2.24, 2.45) is 5.92 Å². The van der Waals surface area contributed by atoms with Gasteiger partial charge in [0.2, 0.25) is 5.91 Å². The van der Waals surface area contributed by atoms with Gasteiger partial charge in [-0.05, 0) is 48.7 Å². The summed E-state index contributed by atoms with van der Waals surface area (Å²) in [5.74, 6) is -0.305. The number of rotatable bonds is 5. The van der Waals surface area contributed by atoms with Gasteiger partial charge < -0.3 is 16.0 Å². The third kappa shape index (κ3) is 5.60. The van der Waals surface area contributed by atoms with Gasteiger partial charge in [0.25, 0.3) is 0 Å². The number of aryl methyl sites for hydroxylation is 1. The van der Waals surface area contributed by atoms with E-state index in [9.17, 15) is 9.59 Å². The Hall–Kier alpha value is -2.34. The van der Waals surface area contributed by atoms with Crippen LogP contribution < -0.4 is 16.0 Å². The normalized spacial score (nSPS) is 11.7. The fourth-order valence-electron chi connectivity index (χ4n) is 2.34. The molecule has 132 valence electrons. The van der Waals surface area contributed by atoms with Crippen LogP contribution >= 0.6 is 15.9 Å². The van der Waals surface area contributed by atoms with Crippen LogP contribution in [0.4, 0.5) is 16.2 Å². The Labute approximate surface area is 156 Å². The number of urea groups is 1. The number of hydrogen-bond donors (Lipinski definition) is 3. The van der Waals surface area contributed by atoms with E-state index in [-0.39, 0.29) is 11.8 Å². The number of halogens is 1. The van der Waals surface area contributed by atoms with E-state index < -0.39 is 12.1 Å². The molecule has 0 saturated carbocycles. The van der Waals surface area contributed by atoms with Crippen molar-refractivity contribution in [3.8, 4) is 0 Å². The van der Waals surface area contributed by atoms with Crippen LogP contribution in [0, 0.1) is 12.8 Å². The van der Waals surface area contributed by atoms with Crippen LogP contribution in [0.3, 0.4) is 0 Å². The molecule has 1 atom stereocenters. The molecule has 2 rings (SSSR count). The van der Waals surface area contributed by atoms with E-state index >= 15 is 0 Å². The minimum atomic E-state index is -0.647. The molecule has 0 heterocycles. The van der Waals surface area contributed by atoms with Crippen molar-refractivity contribution in [2.45, 2.75) is 26.8 Å². The summed E-state index contributed by atoms with van der Waals surface area (Å²) in [6.45, 7) is 5.70. The number of benzene rings is 2. The average Bonchev–Trinajstić information content (AvgIpc) is 2.55. The smallest absolute Gasteiger partial charge is 0.319 e. The monoisotopic (exact) mass is 403 g/mol. The topological polar surface area (TPSA) is 70.2 Å². The molecule has 0 spiro atoms. The summed E-state index contributed by atoms with van der Waals surface area (Å²) in [6, 6.07) is 13.7. The lowest BCUT2D eigenvalue weighted by Gasteiger charge is -2.22. The van der Waals surface area contributed by atoms with E-state index in [4.69, 9.17) is 0 Å². The van der Waals surface area contributed by atoms with Crippen molar-refractivity contribution >= 4 is 39.2 Å². The molecule has 6 heteroatoms. The van der Waals surface area contributed by atoms with Gasteiger partial charge in [-0.1, -0.05) is 48.0 Å². The first-order chi connectivity index (χ1) is 11.9. The molecule has 25 heavy (non-hydrogen) atoms. The van der Waals surface area contributed by atoms with Crippen LogP contribution in [-0.4, -0.2) is 18.0 Å². The molecular formula is C19H22BrN3O2. The number of carbonyl (C=O) groups is 2. The van der Waals surface area contributed by atoms with Gasteiger partial charge in [0.05, 0.1) is 0 Å². The summed E-state index contributed by atoms with van der Waals surface area (Å²) in [5, 5.41) is 8.36. The van der Waals surface area contributed by atoms with Gasteiger partial charge in [0.1, 0.15) is 6.04 Å². The van der Waals surface area contributed by atoms with Gasteiger partial charge in [0, 0.05) is 15.8 Å². The number of anilines is 2. The highest BCUT2D eigenvalue weighted by molar-refractivity contribution is 9.10. The standard InChI is InChI=1S/C19H22BrN3O2/c1-12(2)17(23-19(25)21-15-7-5-4-6-8-15)18(24)22-16-10-9-14(20)11-13(16)3/h4-12,17H,1-3H3,(H,22,24)(H2,21,23,25). The third-order valence-corrected chi connectivity index (χ3v) is 4.21. The Morgan fingerprint density at radius 1 is 1.00 bits per heavy atom. The highest BCUT2D eigenvalue weighted by Gasteiger charge is 2.24. The van der Waals surface area contributed by atoms with Crippen molar-refractivity contribution in [3.05, 3.63) is 58.6 Å². The summed E-state index contributed by atoms with van der Waals surface area (Å²) >= 11 is 3.40. The van der Waals surface area contributed by atoms with Gasteiger partial charge in [-0.3, -0.25) is 4.79 Å². The zero-order chi connectivity index (χ0) is 18.4. The van der Waals surface area contributed by atoms with E-state index in [0.717, 1.165) is 15.7 Å². The highest BCUT2D eigenvalue weighted by Crippen LogP contribution is 2.20. The summed E-state index contributed by atoms with van der Waals surface area (Å²) in [7, 11) is 0. The minimum absolute atomic E-state index is 0.0581. The molecule has 2 aromatic rings. The Bertz CT molecular complexity index is 748. The molecule has 2 aromatic carbocycles. The van der Waals surface area contributed by atoms with Crippen LogP contribution in [-0.2, 0) is 4.79 Å². The van der Waals surface area contributed by atoms with Gasteiger partial charge >= 0.3 is 6.03 Å². The molecule has 0 aliphatic carbocycles. The molecule has 0 saturated heterocycles. The molecule has 1 unspecified atom stereocenters. The number of nitrogens with one attached hydrogen (secondary N) is 3. The summed E-state index contributed by atoms with van der Waals surface area (Å²) in [6.07, 6.45) is 0. The lowest BCUT2D eigenvalue weighted by molar-refractivity contribution is -0.118. The van der Waals surface area contributed by atoms with E-state index in [1.807, 2.05) is 57.2 Å². The van der Waals surface area contributed by atoms with Gasteiger partial charge in [0.15, 0.2) is 0 Å². The predicted octanol–water partition coefficient (Wildman–Crippen LogP) is 4.54. The maximum atomic E-state index is 12.6. The quantitative estimate of drug-likeness (QED) is 0.685. The summed E-state index contributed by atoms with van der Waals surface area (Å²) in [5.41, 5.74) is 2.34. The molecule has 0 fully saturated rings. The van der Waals surface area contributed by atoms with Crippen molar-refractivity contribution in [1.29, 1.82) is 0 Å². The fraction of sp³-hybridized carbons (Fsp3) is 0.263. The SMILES string of the molecule is Cc1cc(Br)ccc1NC(=O)C(NC(=O)Nc1ccccc1)C(C)C. The first kappa shape index (κ1) is 19.0. The van der Waals surface area contributed by atoms with E-state index in [0.29, 0.717) is 5.69 Å². The zero-order valence-corrected chi connectivity index (χ0v) is 16.1. The van der Waals surface area contributed by atoms with Gasteiger partial charge in [-0.2, -0.15) is 0 Å². The Morgan fingerprint density at radius 3 is 2.28 bits per heavy atom. The van der Waals surface area contributed by atoms with E-state index in [1.165, 1.54) is 0 Å². The molecule has 0 bridgehead atoms. The minimum Gasteiger partial charge on any atom is -0.326 e. The van der Waals surface area contributed by atoms with Crippen molar-refractivity contribution in [3.63, 3.8) is 0 Å². The summed E-state index contributed by atoms with van der Waals surface area (Å²) < 4.78 is 0.948. The maximum Gasteiger partial charge on any atom is 0.319 e. The van der Waals surface area contributed by atoms with Crippen molar-refractivity contribution in [1.82, 2.24) is 5.32 Å². The van der Waals surface area contributed by atoms with E-state index in [2.05, 4.69) is 31.9 Å². The molecule has 0 aliphatic heterocycles. The Kier molecular flexibility index (Phi) is 6.58. The molecule has 5 nitrogen and oxygen atoms in total. The van der Waals surface area contributed by atoms with Crippen molar-refractivity contribution < 1.29 is 9.59 Å². The lowest BCUT2D eigenvalue weighted by atomic mass is 10.0. The number of para-hydroxylation sites is 1. The van der Waals surface area contributed by atoms with Crippen LogP contribution in [0.5, 0.6) is 0 Å². The zero-order valence-electron chi connectivity index (χ0n) is 14.5. The molecule has 0 aromatic heterocycles. The second kappa shape index (κ2) is 8.67. The first-order valence-corrected chi connectivity index (χ1v) is 8.85. The molecule has 0 radical (unpaired) electrons. The molecule has 3 N–H and O–H groups in total. The predicted molar refractivity (Wildman–Crippen MR) is 105 cm³/mol. The first-order valence-electron chi connectivity index (χ1n) is 8.06. The summed E-state index contributed by atoms with van der Waals surface area (Å²) in [4.78, 5) is 24.8. The third-order valence-electron chi connectivity index (χ3n) is 3.71. The Morgan fingerprint density at radius 2 is 1.68 bits per heavy atom. The largest absolute Gasteiger partial charge is 0.326 e. The van der Waals surface area contributed by atoms with Crippen LogP contribution in [0.2, 0.25) is 0 Å². The fourth-order valence-corrected chi connectivity index (χ4v) is 2.82. The van der Waals surface area contributed by atoms with Gasteiger partial charge in [-0.15, -0.1) is 0 Å². The van der Waals surface area contributed by atoms with Crippen LogP contribution in [0.15, 0.2) is 53.0 Å². The molecule has 0 aliphatic rings. The van der Waals surface area contributed by atoms with Crippen LogP contribution in [0.1, 0.15) is 19.4 Å². The number of amides is 3. The lowest BCUT2D eigenvalue weighted by Crippen LogP contribution is -2.48. The maximum absolute atomic E-state index is 12.6. The second-order valence-corrected chi connectivity index (χ2v) is 7.05. The van der Waals surface area contributed by atoms with E-state index in [1.54, 1.807) is 12.1 Å². The van der Waals surface area contributed by atoms with Crippen LogP contribution in [0.25, 0.3) is 0 Å². The number of carbonyl (C=O) groups excluding carboxylic acids is 2. The highest BCUT2D eigenvalue weighted by atomic mass is 79.9.